The van der Waals surface area contributed by atoms with Crippen molar-refractivity contribution in [2.75, 3.05) is 5.32 Å². The molecule has 3 heterocycles. The van der Waals surface area contributed by atoms with E-state index < -0.39 is 12.2 Å². The number of rotatable bonds is 4. The van der Waals surface area contributed by atoms with Crippen LogP contribution in [0.3, 0.4) is 0 Å². The molecular formula is C22H23N6O2. The summed E-state index contributed by atoms with van der Waals surface area (Å²) in [5.74, 6) is 0.498. The predicted octanol–water partition coefficient (Wildman–Crippen LogP) is 2.15. The van der Waals surface area contributed by atoms with Gasteiger partial charge in [-0.15, -0.1) is 0 Å². The lowest BCUT2D eigenvalue weighted by atomic mass is 10.0. The number of aromatic nitrogens is 5. The molecule has 0 spiro atoms. The molecule has 1 aliphatic carbocycles. The molecule has 4 aromatic rings. The van der Waals surface area contributed by atoms with Crippen LogP contribution in [0.4, 0.5) is 5.82 Å². The molecule has 0 unspecified atom stereocenters. The summed E-state index contributed by atoms with van der Waals surface area (Å²) in [5, 5.41) is 32.6. The Hall–Kier alpha value is -3.23. The van der Waals surface area contributed by atoms with Gasteiger partial charge in [0, 0.05) is 36.6 Å². The van der Waals surface area contributed by atoms with Crippen LogP contribution in [0.25, 0.3) is 28.0 Å². The summed E-state index contributed by atoms with van der Waals surface area (Å²) in [6, 6.07) is 11.6. The first-order valence-electron chi connectivity index (χ1n) is 9.89. The highest BCUT2D eigenvalue weighted by Crippen LogP contribution is 2.30. The minimum atomic E-state index is -0.873. The number of anilines is 1. The van der Waals surface area contributed by atoms with Crippen molar-refractivity contribution in [2.45, 2.75) is 24.7 Å². The summed E-state index contributed by atoms with van der Waals surface area (Å²) in [6.45, 7) is 3.91. The van der Waals surface area contributed by atoms with Crippen molar-refractivity contribution in [1.82, 2.24) is 24.4 Å². The van der Waals surface area contributed by atoms with Crippen molar-refractivity contribution in [3.63, 3.8) is 0 Å². The van der Waals surface area contributed by atoms with Gasteiger partial charge in [-0.2, -0.15) is 14.7 Å². The molecule has 0 bridgehead atoms. The first-order chi connectivity index (χ1) is 14.5. The molecule has 30 heavy (non-hydrogen) atoms. The van der Waals surface area contributed by atoms with E-state index in [9.17, 15) is 10.2 Å². The number of hydrogen-bond acceptors (Lipinski definition) is 6. The van der Waals surface area contributed by atoms with Gasteiger partial charge in [0.05, 0.1) is 24.0 Å². The predicted molar refractivity (Wildman–Crippen MR) is 114 cm³/mol. The van der Waals surface area contributed by atoms with E-state index in [1.165, 1.54) is 0 Å². The van der Waals surface area contributed by atoms with Gasteiger partial charge in [-0.1, -0.05) is 18.2 Å². The van der Waals surface area contributed by atoms with E-state index in [4.69, 9.17) is 5.10 Å². The third-order valence-corrected chi connectivity index (χ3v) is 5.69. The minimum absolute atomic E-state index is 0.210. The Morgan fingerprint density at radius 2 is 1.93 bits per heavy atom. The highest BCUT2D eigenvalue weighted by molar-refractivity contribution is 5.72. The topological polar surface area (TPSA) is 101 Å². The number of fused-ring (bicyclic) bond motifs is 1. The molecule has 153 valence electrons. The monoisotopic (exact) mass is 403 g/mol. The summed E-state index contributed by atoms with van der Waals surface area (Å²) >= 11 is 0. The van der Waals surface area contributed by atoms with E-state index >= 15 is 0 Å². The number of benzene rings is 1. The van der Waals surface area contributed by atoms with E-state index in [0.29, 0.717) is 17.9 Å². The molecule has 5 rings (SSSR count). The number of hydrogen-bond donors (Lipinski definition) is 3. The Morgan fingerprint density at radius 1 is 1.10 bits per heavy atom. The molecule has 3 N–H and O–H groups in total. The quantitative estimate of drug-likeness (QED) is 0.483. The fraction of sp³-hybridized carbons (Fsp3) is 0.273. The number of nitrogens with one attached hydrogen (secondary N) is 1. The zero-order valence-electron chi connectivity index (χ0n) is 16.6. The van der Waals surface area contributed by atoms with Crippen molar-refractivity contribution in [3.8, 4) is 22.4 Å². The SMILES string of the molecule is [CH2][C@@H]1C[C@@H](Nc2ccnc3cc(-c4cccc(-c5cnn(C)c5)c4)nn23)[C@H](O)[C@@H]1O. The Labute approximate surface area is 173 Å². The van der Waals surface area contributed by atoms with Gasteiger partial charge in [-0.05, 0) is 37.0 Å². The van der Waals surface area contributed by atoms with E-state index in [1.807, 2.05) is 49.8 Å². The molecule has 8 nitrogen and oxygen atoms in total. The summed E-state index contributed by atoms with van der Waals surface area (Å²) in [5.41, 5.74) is 4.57. The van der Waals surface area contributed by atoms with Crippen LogP contribution in [0, 0.1) is 12.8 Å². The fourth-order valence-electron chi connectivity index (χ4n) is 4.03. The summed E-state index contributed by atoms with van der Waals surface area (Å²) in [4.78, 5) is 4.42. The maximum absolute atomic E-state index is 10.3. The Kier molecular flexibility index (Phi) is 4.52. The summed E-state index contributed by atoms with van der Waals surface area (Å²) in [7, 11) is 1.90. The maximum atomic E-state index is 10.3. The normalized spacial score (nSPS) is 23.9. The Bertz CT molecular complexity index is 1200. The average Bonchev–Trinajstić information content (AvgIpc) is 3.44. The highest BCUT2D eigenvalue weighted by atomic mass is 16.3. The Morgan fingerprint density at radius 3 is 2.67 bits per heavy atom. The third-order valence-electron chi connectivity index (χ3n) is 5.69. The van der Waals surface area contributed by atoms with Gasteiger partial charge in [-0.3, -0.25) is 4.68 Å². The van der Waals surface area contributed by atoms with E-state index in [1.54, 1.807) is 15.4 Å². The zero-order chi connectivity index (χ0) is 20.8. The lowest BCUT2D eigenvalue weighted by molar-refractivity contribution is 0.0256. The van der Waals surface area contributed by atoms with Crippen LogP contribution in [0.2, 0.25) is 0 Å². The van der Waals surface area contributed by atoms with Gasteiger partial charge < -0.3 is 15.5 Å². The van der Waals surface area contributed by atoms with Crippen molar-refractivity contribution < 1.29 is 10.2 Å². The van der Waals surface area contributed by atoms with Crippen LogP contribution in [0.1, 0.15) is 6.42 Å². The first kappa shape index (κ1) is 18.8. The fourth-order valence-corrected chi connectivity index (χ4v) is 4.03. The molecule has 0 aliphatic heterocycles. The second-order valence-corrected chi connectivity index (χ2v) is 7.84. The van der Waals surface area contributed by atoms with Gasteiger partial charge in [0.15, 0.2) is 5.65 Å². The van der Waals surface area contributed by atoms with Crippen LogP contribution < -0.4 is 5.32 Å². The molecule has 1 fully saturated rings. The lowest BCUT2D eigenvalue weighted by Crippen LogP contribution is -2.35. The largest absolute Gasteiger partial charge is 0.390 e. The van der Waals surface area contributed by atoms with E-state index in [-0.39, 0.29) is 12.0 Å². The summed E-state index contributed by atoms with van der Waals surface area (Å²) < 4.78 is 3.50. The zero-order valence-corrected chi connectivity index (χ0v) is 16.6. The molecule has 8 heteroatoms. The Balaban J connectivity index is 1.48. The summed E-state index contributed by atoms with van der Waals surface area (Å²) in [6.07, 6.45) is 4.39. The number of aliphatic hydroxyl groups excluding tert-OH is 2. The van der Waals surface area contributed by atoms with Crippen LogP contribution in [0.15, 0.2) is 55.0 Å². The number of aryl methyl sites for hydroxylation is 1. The smallest absolute Gasteiger partial charge is 0.157 e. The molecule has 1 aliphatic rings. The van der Waals surface area contributed by atoms with Gasteiger partial charge in [0.2, 0.25) is 0 Å². The molecule has 3 aromatic heterocycles. The van der Waals surface area contributed by atoms with Crippen molar-refractivity contribution >= 4 is 11.5 Å². The van der Waals surface area contributed by atoms with Crippen molar-refractivity contribution in [1.29, 1.82) is 0 Å². The van der Waals surface area contributed by atoms with E-state index in [2.05, 4.69) is 28.4 Å². The second kappa shape index (κ2) is 7.23. The van der Waals surface area contributed by atoms with Crippen LogP contribution >= 0.6 is 0 Å². The lowest BCUT2D eigenvalue weighted by Gasteiger charge is -2.19. The van der Waals surface area contributed by atoms with Crippen LogP contribution in [-0.4, -0.2) is 52.8 Å². The molecule has 4 atom stereocenters. The van der Waals surface area contributed by atoms with Crippen molar-refractivity contribution in [3.05, 3.63) is 61.9 Å². The van der Waals surface area contributed by atoms with Crippen LogP contribution in [-0.2, 0) is 7.05 Å². The first-order valence-corrected chi connectivity index (χ1v) is 9.89. The van der Waals surface area contributed by atoms with Gasteiger partial charge >= 0.3 is 0 Å². The van der Waals surface area contributed by atoms with Crippen molar-refractivity contribution in [2.24, 2.45) is 13.0 Å². The van der Waals surface area contributed by atoms with Crippen LogP contribution in [0.5, 0.6) is 0 Å². The molecule has 0 amide bonds. The highest BCUT2D eigenvalue weighted by Gasteiger charge is 2.39. The molecular weight excluding hydrogens is 380 g/mol. The third kappa shape index (κ3) is 3.24. The minimum Gasteiger partial charge on any atom is -0.390 e. The van der Waals surface area contributed by atoms with Gasteiger partial charge in [0.25, 0.3) is 0 Å². The average molecular weight is 403 g/mol. The van der Waals surface area contributed by atoms with Gasteiger partial charge in [-0.25, -0.2) is 4.98 Å². The number of aliphatic hydroxyl groups is 2. The molecule has 0 saturated heterocycles. The molecule has 1 aromatic carbocycles. The van der Waals surface area contributed by atoms with E-state index in [0.717, 1.165) is 22.4 Å². The number of nitrogens with zero attached hydrogens (tertiary/aromatic N) is 5. The van der Waals surface area contributed by atoms with Gasteiger partial charge in [0.1, 0.15) is 11.9 Å². The molecule has 1 radical (unpaired) electrons. The second-order valence-electron chi connectivity index (χ2n) is 7.84. The standard InChI is InChI=1S/C22H23N6O2/c1-13-8-18(22(30)21(13)29)25-19-6-7-23-20-10-17(26-28(19)20)15-5-3-4-14(9-15)16-11-24-27(2)12-16/h3-7,9-13,18,21-22,25,29-30H,1,8H2,2H3/t13-,18-,21-,22+/m1/s1. The molecule has 1 saturated carbocycles. The maximum Gasteiger partial charge on any atom is 0.157 e.